The summed E-state index contributed by atoms with van der Waals surface area (Å²) in [5, 5.41) is 8.90. The lowest BCUT2D eigenvalue weighted by Gasteiger charge is -2.33. The molecule has 0 aromatic heterocycles. The van der Waals surface area contributed by atoms with Crippen LogP contribution in [0.5, 0.6) is 0 Å². The average molecular weight is 320 g/mol. The van der Waals surface area contributed by atoms with Gasteiger partial charge < -0.3 is 0 Å². The molecular formula is C16H20N2O3S. The Balaban J connectivity index is 2.44. The molecule has 1 aromatic carbocycles. The van der Waals surface area contributed by atoms with Crippen molar-refractivity contribution in [3.8, 4) is 6.07 Å². The fraction of sp³-hybridized carbons (Fsp3) is 0.500. The lowest BCUT2D eigenvalue weighted by Crippen LogP contribution is -2.47. The van der Waals surface area contributed by atoms with Crippen LogP contribution < -0.4 is 0 Å². The molecule has 1 aliphatic rings. The molecule has 0 saturated carbocycles. The minimum Gasteiger partial charge on any atom is -0.298 e. The summed E-state index contributed by atoms with van der Waals surface area (Å²) in [6.45, 7) is 3.81. The number of benzene rings is 1. The van der Waals surface area contributed by atoms with E-state index in [2.05, 4.69) is 0 Å². The standard InChI is InChI=1S/C16H20N2O3S/c1-3-15(19)14-6-4-5-9-18(14)22(20,21)16-8-7-13(11-17)10-12(16)2/h7-8,10,14H,3-6,9H2,1-2H3/t14-/m0/s1. The zero-order valence-electron chi connectivity index (χ0n) is 12.9. The number of aryl methyl sites for hydroxylation is 1. The van der Waals surface area contributed by atoms with Crippen molar-refractivity contribution in [3.63, 3.8) is 0 Å². The molecule has 2 rings (SSSR count). The fourth-order valence-corrected chi connectivity index (χ4v) is 4.77. The number of piperidine rings is 1. The first-order valence-corrected chi connectivity index (χ1v) is 8.91. The largest absolute Gasteiger partial charge is 0.298 e. The molecule has 0 aliphatic carbocycles. The molecule has 0 radical (unpaired) electrons. The van der Waals surface area contributed by atoms with Gasteiger partial charge in [-0.2, -0.15) is 9.57 Å². The molecular weight excluding hydrogens is 300 g/mol. The summed E-state index contributed by atoms with van der Waals surface area (Å²) in [6.07, 6.45) is 2.56. The molecule has 0 amide bonds. The average Bonchev–Trinajstić information content (AvgIpc) is 2.53. The van der Waals surface area contributed by atoms with Crippen LogP contribution in [0.1, 0.15) is 43.7 Å². The smallest absolute Gasteiger partial charge is 0.243 e. The van der Waals surface area contributed by atoms with Gasteiger partial charge >= 0.3 is 0 Å². The predicted octanol–water partition coefficient (Wildman–Crippen LogP) is 2.39. The van der Waals surface area contributed by atoms with Crippen LogP contribution in [0, 0.1) is 18.3 Å². The molecule has 5 nitrogen and oxygen atoms in total. The summed E-state index contributed by atoms with van der Waals surface area (Å²) in [5.74, 6) is -0.0328. The maximum Gasteiger partial charge on any atom is 0.243 e. The van der Waals surface area contributed by atoms with E-state index in [0.29, 0.717) is 30.5 Å². The van der Waals surface area contributed by atoms with E-state index < -0.39 is 16.1 Å². The summed E-state index contributed by atoms with van der Waals surface area (Å²) in [5.41, 5.74) is 0.962. The highest BCUT2D eigenvalue weighted by Gasteiger charge is 2.37. The number of nitrogens with zero attached hydrogens (tertiary/aromatic N) is 2. The van der Waals surface area contributed by atoms with Gasteiger partial charge in [0.1, 0.15) is 0 Å². The molecule has 22 heavy (non-hydrogen) atoms. The van der Waals surface area contributed by atoms with Crippen LogP contribution in [0.15, 0.2) is 23.1 Å². The Bertz CT molecular complexity index is 719. The molecule has 118 valence electrons. The van der Waals surface area contributed by atoms with E-state index in [1.165, 1.54) is 16.4 Å². The molecule has 1 saturated heterocycles. The molecule has 1 aliphatic heterocycles. The van der Waals surface area contributed by atoms with E-state index in [1.54, 1.807) is 19.9 Å². The Labute approximate surface area is 131 Å². The number of carbonyl (C=O) groups is 1. The Morgan fingerprint density at radius 2 is 2.14 bits per heavy atom. The van der Waals surface area contributed by atoms with E-state index >= 15 is 0 Å². The third kappa shape index (κ3) is 3.06. The van der Waals surface area contributed by atoms with Gasteiger partial charge in [0.05, 0.1) is 22.6 Å². The van der Waals surface area contributed by atoms with Crippen LogP contribution in [0.2, 0.25) is 0 Å². The zero-order valence-corrected chi connectivity index (χ0v) is 13.7. The fourth-order valence-electron chi connectivity index (χ4n) is 2.88. The highest BCUT2D eigenvalue weighted by atomic mass is 32.2. The molecule has 0 unspecified atom stereocenters. The normalized spacial score (nSPS) is 19.6. The lowest BCUT2D eigenvalue weighted by molar-refractivity contribution is -0.123. The molecule has 1 fully saturated rings. The number of hydrogen-bond donors (Lipinski definition) is 0. The topological polar surface area (TPSA) is 78.2 Å². The van der Waals surface area contributed by atoms with Crippen LogP contribution >= 0.6 is 0 Å². The van der Waals surface area contributed by atoms with E-state index in [-0.39, 0.29) is 10.7 Å². The second kappa shape index (κ2) is 6.59. The SMILES string of the molecule is CCC(=O)[C@@H]1CCCCN1S(=O)(=O)c1ccc(C#N)cc1C. The van der Waals surface area contributed by atoms with Crippen molar-refractivity contribution >= 4 is 15.8 Å². The van der Waals surface area contributed by atoms with E-state index in [0.717, 1.165) is 12.8 Å². The summed E-state index contributed by atoms with van der Waals surface area (Å²) < 4.78 is 27.2. The second-order valence-corrected chi connectivity index (χ2v) is 7.40. The van der Waals surface area contributed by atoms with Crippen molar-refractivity contribution in [1.29, 1.82) is 5.26 Å². The van der Waals surface area contributed by atoms with Gasteiger partial charge in [-0.1, -0.05) is 13.3 Å². The number of rotatable bonds is 4. The van der Waals surface area contributed by atoms with Crippen LogP contribution in [0.25, 0.3) is 0 Å². The second-order valence-electron chi connectivity index (χ2n) is 5.54. The number of Topliss-reactive ketones (excluding diaryl/α,β-unsaturated/α-hetero) is 1. The molecule has 1 heterocycles. The van der Waals surface area contributed by atoms with Gasteiger partial charge in [-0.05, 0) is 43.5 Å². The lowest BCUT2D eigenvalue weighted by atomic mass is 10.00. The van der Waals surface area contributed by atoms with Crippen molar-refractivity contribution in [2.45, 2.75) is 50.5 Å². The minimum atomic E-state index is -3.72. The van der Waals surface area contributed by atoms with Crippen LogP contribution in [0.3, 0.4) is 0 Å². The minimum absolute atomic E-state index is 0.0328. The summed E-state index contributed by atoms with van der Waals surface area (Å²) >= 11 is 0. The van der Waals surface area contributed by atoms with Gasteiger partial charge in [-0.3, -0.25) is 4.79 Å². The van der Waals surface area contributed by atoms with Gasteiger partial charge in [-0.25, -0.2) is 8.42 Å². The quantitative estimate of drug-likeness (QED) is 0.853. The third-order valence-corrected chi connectivity index (χ3v) is 6.13. The van der Waals surface area contributed by atoms with Crippen molar-refractivity contribution in [3.05, 3.63) is 29.3 Å². The summed E-state index contributed by atoms with van der Waals surface area (Å²) in [6, 6.07) is 5.97. The highest BCUT2D eigenvalue weighted by Crippen LogP contribution is 2.28. The van der Waals surface area contributed by atoms with Gasteiger partial charge in [-0.15, -0.1) is 0 Å². The van der Waals surface area contributed by atoms with Crippen molar-refractivity contribution in [2.24, 2.45) is 0 Å². The van der Waals surface area contributed by atoms with Gasteiger partial charge in [0.25, 0.3) is 0 Å². The molecule has 1 atom stereocenters. The molecule has 0 bridgehead atoms. The Kier molecular flexibility index (Phi) is 4.99. The maximum atomic E-state index is 12.9. The predicted molar refractivity (Wildman–Crippen MR) is 82.7 cm³/mol. The van der Waals surface area contributed by atoms with Crippen LogP contribution in [-0.2, 0) is 14.8 Å². The number of sulfonamides is 1. The van der Waals surface area contributed by atoms with Crippen molar-refractivity contribution < 1.29 is 13.2 Å². The molecule has 0 spiro atoms. The summed E-state index contributed by atoms with van der Waals surface area (Å²) in [4.78, 5) is 12.3. The van der Waals surface area contributed by atoms with Gasteiger partial charge in [0, 0.05) is 13.0 Å². The Hall–Kier alpha value is -1.71. The highest BCUT2D eigenvalue weighted by molar-refractivity contribution is 7.89. The number of nitriles is 1. The monoisotopic (exact) mass is 320 g/mol. The number of carbonyl (C=O) groups excluding carboxylic acids is 1. The Morgan fingerprint density at radius 1 is 1.41 bits per heavy atom. The van der Waals surface area contributed by atoms with Crippen LogP contribution in [-0.4, -0.2) is 31.1 Å². The maximum absolute atomic E-state index is 12.9. The van der Waals surface area contributed by atoms with E-state index in [9.17, 15) is 13.2 Å². The Morgan fingerprint density at radius 3 is 2.73 bits per heavy atom. The van der Waals surface area contributed by atoms with Crippen molar-refractivity contribution in [1.82, 2.24) is 4.31 Å². The summed E-state index contributed by atoms with van der Waals surface area (Å²) in [7, 11) is -3.72. The first-order valence-electron chi connectivity index (χ1n) is 7.47. The van der Waals surface area contributed by atoms with Gasteiger partial charge in [0.2, 0.25) is 10.0 Å². The van der Waals surface area contributed by atoms with E-state index in [1.807, 2.05) is 6.07 Å². The van der Waals surface area contributed by atoms with Crippen LogP contribution in [0.4, 0.5) is 0 Å². The molecule has 1 aromatic rings. The number of ketones is 1. The first-order chi connectivity index (χ1) is 10.4. The molecule has 6 heteroatoms. The molecule has 0 N–H and O–H groups in total. The van der Waals surface area contributed by atoms with E-state index in [4.69, 9.17) is 5.26 Å². The van der Waals surface area contributed by atoms with Crippen molar-refractivity contribution in [2.75, 3.05) is 6.54 Å². The number of hydrogen-bond acceptors (Lipinski definition) is 4. The third-order valence-electron chi connectivity index (χ3n) is 4.06. The zero-order chi connectivity index (χ0) is 16.3. The van der Waals surface area contributed by atoms with Gasteiger partial charge in [0.15, 0.2) is 5.78 Å². The first kappa shape index (κ1) is 16.7.